The third kappa shape index (κ3) is 4.99. The van der Waals surface area contributed by atoms with Gasteiger partial charge in [0.2, 0.25) is 0 Å². The number of carbonyl (C=O) groups is 1. The fourth-order valence-corrected chi connectivity index (χ4v) is 4.39. The Morgan fingerprint density at radius 3 is 2.68 bits per heavy atom. The van der Waals surface area contributed by atoms with Crippen LogP contribution in [0.4, 0.5) is 0 Å². The lowest BCUT2D eigenvalue weighted by Gasteiger charge is -2.17. The number of hydrogen-bond acceptors (Lipinski definition) is 4. The minimum absolute atomic E-state index is 0.0930. The number of methoxy groups -OCH3 is 1. The van der Waals surface area contributed by atoms with E-state index in [-0.39, 0.29) is 17.5 Å². The molecule has 0 heterocycles. The van der Waals surface area contributed by atoms with E-state index in [9.17, 15) is 9.90 Å². The first-order valence-electron chi connectivity index (χ1n) is 7.46. The quantitative estimate of drug-likeness (QED) is 0.697. The van der Waals surface area contributed by atoms with Crippen LogP contribution in [0.2, 0.25) is 0 Å². The van der Waals surface area contributed by atoms with Gasteiger partial charge in [0.05, 0.1) is 19.6 Å². The fourth-order valence-electron chi connectivity index (χ4n) is 3.04. The van der Waals surface area contributed by atoms with Crippen molar-refractivity contribution >= 4 is 17.7 Å². The van der Waals surface area contributed by atoms with Crippen LogP contribution in [0, 0.1) is 11.3 Å². The number of esters is 1. The summed E-state index contributed by atoms with van der Waals surface area (Å²) in [4.78, 5) is 11.3. The van der Waals surface area contributed by atoms with Gasteiger partial charge >= 0.3 is 5.97 Å². The van der Waals surface area contributed by atoms with E-state index >= 15 is 0 Å². The Morgan fingerprint density at radius 1 is 1.42 bits per heavy atom. The number of thioether (sulfide) groups is 1. The van der Waals surface area contributed by atoms with Crippen LogP contribution < -0.4 is 0 Å². The zero-order valence-electron chi connectivity index (χ0n) is 11.9. The van der Waals surface area contributed by atoms with Gasteiger partial charge in [-0.2, -0.15) is 11.8 Å². The van der Waals surface area contributed by atoms with Crippen LogP contribution in [0.1, 0.15) is 51.4 Å². The number of hydrogen-bond donors (Lipinski definition) is 1. The van der Waals surface area contributed by atoms with Gasteiger partial charge in [0.1, 0.15) is 0 Å². The van der Waals surface area contributed by atoms with Gasteiger partial charge < -0.3 is 9.84 Å². The molecule has 0 radical (unpaired) electrons. The predicted molar refractivity (Wildman–Crippen MR) is 78.2 cm³/mol. The highest BCUT2D eigenvalue weighted by molar-refractivity contribution is 7.99. The molecule has 19 heavy (non-hydrogen) atoms. The summed E-state index contributed by atoms with van der Waals surface area (Å²) in [5, 5.41) is 10.0. The molecule has 4 heteroatoms. The molecule has 0 saturated heterocycles. The number of aliphatic hydroxyl groups excluding tert-OH is 1. The molecule has 3 nitrogen and oxygen atoms in total. The third-order valence-corrected chi connectivity index (χ3v) is 5.94. The lowest BCUT2D eigenvalue weighted by Crippen LogP contribution is -2.17. The van der Waals surface area contributed by atoms with E-state index in [2.05, 4.69) is 0 Å². The largest absolute Gasteiger partial charge is 0.469 e. The molecule has 2 fully saturated rings. The van der Waals surface area contributed by atoms with Gasteiger partial charge in [-0.15, -0.1) is 0 Å². The van der Waals surface area contributed by atoms with Crippen molar-refractivity contribution in [2.45, 2.75) is 57.5 Å². The smallest absolute Gasteiger partial charge is 0.306 e. The normalized spacial score (nSPS) is 23.3. The second-order valence-corrected chi connectivity index (χ2v) is 7.34. The molecule has 0 amide bonds. The monoisotopic (exact) mass is 286 g/mol. The minimum Gasteiger partial charge on any atom is -0.469 e. The Kier molecular flexibility index (Phi) is 5.58. The van der Waals surface area contributed by atoms with E-state index in [4.69, 9.17) is 4.74 Å². The standard InChI is InChI=1S/C15H26O3S/c1-18-14(17)9-15(6-7-15)11-19-10-13(16)8-12-4-2-3-5-12/h12-13,16H,2-11H2,1H3. The first kappa shape index (κ1) is 15.2. The van der Waals surface area contributed by atoms with Crippen LogP contribution in [0.15, 0.2) is 0 Å². The highest BCUT2D eigenvalue weighted by Gasteiger charge is 2.44. The number of carbonyl (C=O) groups excluding carboxylic acids is 1. The molecule has 1 N–H and O–H groups in total. The van der Waals surface area contributed by atoms with E-state index in [1.807, 2.05) is 11.8 Å². The molecule has 0 aromatic carbocycles. The van der Waals surface area contributed by atoms with Gasteiger partial charge in [-0.3, -0.25) is 4.79 Å². The molecule has 0 bridgehead atoms. The molecule has 110 valence electrons. The van der Waals surface area contributed by atoms with Crippen LogP contribution in [0.3, 0.4) is 0 Å². The maximum atomic E-state index is 11.3. The van der Waals surface area contributed by atoms with Crippen molar-refractivity contribution in [1.29, 1.82) is 0 Å². The summed E-state index contributed by atoms with van der Waals surface area (Å²) >= 11 is 1.81. The van der Waals surface area contributed by atoms with Gasteiger partial charge in [-0.1, -0.05) is 25.7 Å². The molecule has 2 aliphatic rings. The maximum Gasteiger partial charge on any atom is 0.306 e. The second kappa shape index (κ2) is 6.98. The third-order valence-electron chi connectivity index (χ3n) is 4.50. The summed E-state index contributed by atoms with van der Waals surface area (Å²) in [7, 11) is 1.46. The summed E-state index contributed by atoms with van der Waals surface area (Å²) in [5.74, 6) is 2.47. The zero-order valence-corrected chi connectivity index (χ0v) is 12.7. The Balaban J connectivity index is 1.59. The van der Waals surface area contributed by atoms with Crippen LogP contribution in [0.25, 0.3) is 0 Å². The molecule has 1 atom stereocenters. The van der Waals surface area contributed by atoms with Crippen LogP contribution in [-0.2, 0) is 9.53 Å². The number of rotatable bonds is 8. The number of aliphatic hydroxyl groups is 1. The van der Waals surface area contributed by atoms with Crippen molar-refractivity contribution < 1.29 is 14.6 Å². The Morgan fingerprint density at radius 2 is 2.11 bits per heavy atom. The summed E-state index contributed by atoms with van der Waals surface area (Å²) in [6, 6.07) is 0. The highest BCUT2D eigenvalue weighted by atomic mass is 32.2. The summed E-state index contributed by atoms with van der Waals surface area (Å²) < 4.78 is 4.74. The van der Waals surface area contributed by atoms with E-state index < -0.39 is 0 Å². The molecule has 0 aromatic heterocycles. The van der Waals surface area contributed by atoms with Crippen molar-refractivity contribution in [2.75, 3.05) is 18.6 Å². The van der Waals surface area contributed by atoms with Crippen molar-refractivity contribution in [1.82, 2.24) is 0 Å². The Hall–Kier alpha value is -0.220. The highest BCUT2D eigenvalue weighted by Crippen LogP contribution is 2.51. The van der Waals surface area contributed by atoms with Crippen LogP contribution in [-0.4, -0.2) is 35.8 Å². The molecular formula is C15H26O3S. The van der Waals surface area contributed by atoms with Crippen molar-refractivity contribution in [2.24, 2.45) is 11.3 Å². The number of ether oxygens (including phenoxy) is 1. The SMILES string of the molecule is COC(=O)CC1(CSCC(O)CC2CCCC2)CC1. The predicted octanol–water partition coefficient (Wildman–Crippen LogP) is 3.00. The summed E-state index contributed by atoms with van der Waals surface area (Å²) in [5.41, 5.74) is 0.185. The lowest BCUT2D eigenvalue weighted by molar-refractivity contribution is -0.141. The van der Waals surface area contributed by atoms with Crippen molar-refractivity contribution in [3.8, 4) is 0 Å². The van der Waals surface area contributed by atoms with Crippen molar-refractivity contribution in [3.05, 3.63) is 0 Å². The average molecular weight is 286 g/mol. The molecule has 0 aromatic rings. The van der Waals surface area contributed by atoms with Crippen molar-refractivity contribution in [3.63, 3.8) is 0 Å². The molecule has 0 spiro atoms. The van der Waals surface area contributed by atoms with Gasteiger partial charge in [0, 0.05) is 5.75 Å². The Bertz CT molecular complexity index is 296. The van der Waals surface area contributed by atoms with Crippen LogP contribution in [0.5, 0.6) is 0 Å². The molecule has 2 aliphatic carbocycles. The van der Waals surface area contributed by atoms with E-state index in [1.165, 1.54) is 32.8 Å². The molecule has 1 unspecified atom stereocenters. The fraction of sp³-hybridized carbons (Fsp3) is 0.933. The molecule has 0 aliphatic heterocycles. The lowest BCUT2D eigenvalue weighted by atomic mass is 10.0. The average Bonchev–Trinajstić information content (AvgIpc) is 2.94. The minimum atomic E-state index is -0.165. The summed E-state index contributed by atoms with van der Waals surface area (Å²) in [6.45, 7) is 0. The van der Waals surface area contributed by atoms with Gasteiger partial charge in [-0.25, -0.2) is 0 Å². The van der Waals surface area contributed by atoms with E-state index in [0.717, 1.165) is 36.7 Å². The van der Waals surface area contributed by atoms with Gasteiger partial charge in [0.15, 0.2) is 0 Å². The first-order valence-corrected chi connectivity index (χ1v) is 8.62. The van der Waals surface area contributed by atoms with Gasteiger partial charge in [-0.05, 0) is 36.3 Å². The summed E-state index contributed by atoms with van der Waals surface area (Å²) in [6.07, 6.45) is 8.90. The van der Waals surface area contributed by atoms with Gasteiger partial charge in [0.25, 0.3) is 0 Å². The first-order chi connectivity index (χ1) is 9.13. The zero-order chi connectivity index (χ0) is 13.7. The molecule has 2 saturated carbocycles. The molecular weight excluding hydrogens is 260 g/mol. The topological polar surface area (TPSA) is 46.5 Å². The Labute approximate surface area is 120 Å². The van der Waals surface area contributed by atoms with E-state index in [0.29, 0.717) is 6.42 Å². The second-order valence-electron chi connectivity index (χ2n) is 6.31. The molecule has 2 rings (SSSR count). The maximum absolute atomic E-state index is 11.3. The van der Waals surface area contributed by atoms with E-state index in [1.54, 1.807) is 0 Å². The van der Waals surface area contributed by atoms with Crippen LogP contribution >= 0.6 is 11.8 Å².